The van der Waals surface area contributed by atoms with Gasteiger partial charge in [-0.1, -0.05) is 11.3 Å². The molecular weight excluding hydrogens is 260 g/mol. The molecule has 0 aliphatic rings. The molecule has 8 heteroatoms. The fraction of sp³-hybridized carbons (Fsp3) is 0.500. The van der Waals surface area contributed by atoms with Gasteiger partial charge in [-0.25, -0.2) is 4.79 Å². The second-order valence-corrected chi connectivity index (χ2v) is 4.46. The van der Waals surface area contributed by atoms with E-state index in [9.17, 15) is 14.4 Å². The fourth-order valence-electron chi connectivity index (χ4n) is 1.32. The van der Waals surface area contributed by atoms with E-state index < -0.39 is 17.9 Å². The summed E-state index contributed by atoms with van der Waals surface area (Å²) in [6, 6.07) is -1.11. The van der Waals surface area contributed by atoms with E-state index in [1.54, 1.807) is 12.3 Å². The quantitative estimate of drug-likeness (QED) is 0.724. The Bertz CT molecular complexity index is 493. The summed E-state index contributed by atoms with van der Waals surface area (Å²) in [6.45, 7) is 1.38. The number of hydrogen-bond donors (Lipinski definition) is 2. The number of aromatic nitrogens is 1. The number of hydrogen-bond acceptors (Lipinski definition) is 5. The molecule has 0 aromatic carbocycles. The van der Waals surface area contributed by atoms with Crippen molar-refractivity contribution in [3.8, 4) is 0 Å². The number of carboxylic acids is 1. The zero-order valence-corrected chi connectivity index (χ0v) is 10.8. The van der Waals surface area contributed by atoms with Gasteiger partial charge in [0.1, 0.15) is 6.54 Å². The van der Waals surface area contributed by atoms with E-state index >= 15 is 0 Å². The number of carboxylic acid groups (broad SMARTS) is 1. The van der Waals surface area contributed by atoms with Gasteiger partial charge in [0.05, 0.1) is 6.61 Å². The zero-order valence-electron chi connectivity index (χ0n) is 10.0. The van der Waals surface area contributed by atoms with Crippen LogP contribution in [0.5, 0.6) is 0 Å². The first-order valence-electron chi connectivity index (χ1n) is 5.11. The number of amides is 1. The predicted molar refractivity (Wildman–Crippen MR) is 64.8 cm³/mol. The minimum atomic E-state index is -1.18. The summed E-state index contributed by atoms with van der Waals surface area (Å²) < 4.78 is 5.97. The topological polar surface area (TPSA) is 97.6 Å². The van der Waals surface area contributed by atoms with Crippen LogP contribution < -0.4 is 10.2 Å². The molecule has 1 amide bonds. The molecule has 1 aromatic rings. The molecule has 1 aromatic heterocycles. The Labute approximate surface area is 107 Å². The van der Waals surface area contributed by atoms with E-state index in [2.05, 4.69) is 10.1 Å². The van der Waals surface area contributed by atoms with Crippen molar-refractivity contribution in [3.05, 3.63) is 20.7 Å². The van der Waals surface area contributed by atoms with Crippen LogP contribution >= 0.6 is 11.3 Å². The van der Waals surface area contributed by atoms with Gasteiger partial charge in [-0.05, 0) is 6.92 Å². The van der Waals surface area contributed by atoms with Gasteiger partial charge < -0.3 is 15.2 Å². The Morgan fingerprint density at radius 3 is 2.72 bits per heavy atom. The van der Waals surface area contributed by atoms with Crippen LogP contribution in [0.4, 0.5) is 0 Å². The number of nitrogens with one attached hydrogen (secondary N) is 1. The predicted octanol–water partition coefficient (Wildman–Crippen LogP) is -0.566. The number of aryl methyl sites for hydroxylation is 1. The molecule has 2 N–H and O–H groups in total. The minimum absolute atomic E-state index is 0.126. The van der Waals surface area contributed by atoms with Crippen LogP contribution in [-0.2, 0) is 20.9 Å². The van der Waals surface area contributed by atoms with Crippen LogP contribution in [-0.4, -0.2) is 41.3 Å². The molecule has 0 saturated carbocycles. The Hall–Kier alpha value is -1.67. The first kappa shape index (κ1) is 14.4. The number of carbonyl (C=O) groups is 2. The number of aliphatic carboxylic acids is 1. The normalized spacial score (nSPS) is 12.1. The van der Waals surface area contributed by atoms with E-state index in [0.29, 0.717) is 5.69 Å². The highest BCUT2D eigenvalue weighted by Crippen LogP contribution is 1.99. The van der Waals surface area contributed by atoms with Crippen molar-refractivity contribution in [3.63, 3.8) is 0 Å². The van der Waals surface area contributed by atoms with Gasteiger partial charge in [0.15, 0.2) is 6.04 Å². The van der Waals surface area contributed by atoms with Gasteiger partial charge in [-0.15, -0.1) is 0 Å². The van der Waals surface area contributed by atoms with Crippen molar-refractivity contribution in [1.82, 2.24) is 9.88 Å². The van der Waals surface area contributed by atoms with Crippen LogP contribution in [0.3, 0.4) is 0 Å². The third-order valence-electron chi connectivity index (χ3n) is 2.24. The maximum Gasteiger partial charge on any atom is 0.328 e. The largest absolute Gasteiger partial charge is 0.480 e. The van der Waals surface area contributed by atoms with Gasteiger partial charge in [0.2, 0.25) is 5.91 Å². The second-order valence-electron chi connectivity index (χ2n) is 3.64. The highest BCUT2D eigenvalue weighted by atomic mass is 32.1. The van der Waals surface area contributed by atoms with E-state index in [1.807, 2.05) is 0 Å². The summed E-state index contributed by atoms with van der Waals surface area (Å²) in [5.41, 5.74) is 0.666. The number of nitrogens with zero attached hydrogens (tertiary/aromatic N) is 1. The lowest BCUT2D eigenvalue weighted by molar-refractivity contribution is -0.143. The highest BCUT2D eigenvalue weighted by Gasteiger charge is 2.20. The summed E-state index contributed by atoms with van der Waals surface area (Å²) in [7, 11) is 1.34. The van der Waals surface area contributed by atoms with Crippen molar-refractivity contribution >= 4 is 23.2 Å². The van der Waals surface area contributed by atoms with E-state index in [1.165, 1.54) is 11.7 Å². The molecule has 0 spiro atoms. The van der Waals surface area contributed by atoms with Crippen molar-refractivity contribution < 1.29 is 19.4 Å². The number of ether oxygens (including phenoxy) is 1. The molecule has 0 aliphatic carbocycles. The molecule has 1 unspecified atom stereocenters. The Balaban J connectivity index is 2.66. The van der Waals surface area contributed by atoms with Gasteiger partial charge >= 0.3 is 10.8 Å². The zero-order chi connectivity index (χ0) is 13.7. The molecule has 7 nitrogen and oxygen atoms in total. The van der Waals surface area contributed by atoms with Crippen LogP contribution in [0.15, 0.2) is 10.2 Å². The molecule has 0 radical (unpaired) electrons. The second kappa shape index (κ2) is 6.31. The number of rotatable bonds is 6. The summed E-state index contributed by atoms with van der Waals surface area (Å²) in [5, 5.41) is 12.8. The summed E-state index contributed by atoms with van der Waals surface area (Å²) in [4.78, 5) is 33.6. The van der Waals surface area contributed by atoms with Crippen molar-refractivity contribution in [1.29, 1.82) is 0 Å². The summed E-state index contributed by atoms with van der Waals surface area (Å²) >= 11 is 0.995. The van der Waals surface area contributed by atoms with Gasteiger partial charge in [0, 0.05) is 18.2 Å². The Kier molecular flexibility index (Phi) is 5.05. The first-order chi connectivity index (χ1) is 8.45. The molecule has 0 bridgehead atoms. The van der Waals surface area contributed by atoms with E-state index in [0.717, 1.165) is 11.3 Å². The standard InChI is InChI=1S/C10H14N2O5S/c1-6-5-18-10(16)12(6)3-8(13)11-7(4-17-2)9(14)15/h5,7H,3-4H2,1-2H3,(H,11,13)(H,14,15). The lowest BCUT2D eigenvalue weighted by atomic mass is 10.3. The molecule has 1 rings (SSSR count). The fourth-order valence-corrected chi connectivity index (χ4v) is 2.06. The Morgan fingerprint density at radius 1 is 1.61 bits per heavy atom. The third-order valence-corrected chi connectivity index (χ3v) is 3.13. The maximum absolute atomic E-state index is 11.6. The highest BCUT2D eigenvalue weighted by molar-refractivity contribution is 7.07. The molecule has 0 fully saturated rings. The van der Waals surface area contributed by atoms with Gasteiger partial charge in [-0.3, -0.25) is 14.2 Å². The van der Waals surface area contributed by atoms with Gasteiger partial charge in [-0.2, -0.15) is 0 Å². The maximum atomic E-state index is 11.6. The van der Waals surface area contributed by atoms with Crippen molar-refractivity contribution in [2.24, 2.45) is 0 Å². The van der Waals surface area contributed by atoms with Crippen LogP contribution in [0, 0.1) is 6.92 Å². The van der Waals surface area contributed by atoms with Gasteiger partial charge in [0.25, 0.3) is 0 Å². The van der Waals surface area contributed by atoms with Crippen LogP contribution in [0.2, 0.25) is 0 Å². The average molecular weight is 274 g/mol. The lowest BCUT2D eigenvalue weighted by Crippen LogP contribution is -2.45. The molecule has 0 aliphatic heterocycles. The lowest BCUT2D eigenvalue weighted by Gasteiger charge is -2.13. The SMILES string of the molecule is COCC(NC(=O)Cn1c(C)csc1=O)C(=O)O. The Morgan fingerprint density at radius 2 is 2.28 bits per heavy atom. The summed E-state index contributed by atoms with van der Waals surface area (Å²) in [6.07, 6.45) is 0. The van der Waals surface area contributed by atoms with Crippen LogP contribution in [0.1, 0.15) is 5.69 Å². The third kappa shape index (κ3) is 3.67. The number of methoxy groups -OCH3 is 1. The van der Waals surface area contributed by atoms with Crippen LogP contribution in [0.25, 0.3) is 0 Å². The van der Waals surface area contributed by atoms with E-state index in [-0.39, 0.29) is 18.0 Å². The number of thiazole rings is 1. The van der Waals surface area contributed by atoms with Crippen molar-refractivity contribution in [2.45, 2.75) is 19.5 Å². The summed E-state index contributed by atoms with van der Waals surface area (Å²) in [5.74, 6) is -1.72. The molecule has 0 saturated heterocycles. The first-order valence-corrected chi connectivity index (χ1v) is 5.99. The average Bonchev–Trinajstić information content (AvgIpc) is 2.60. The molecular formula is C10H14N2O5S. The smallest absolute Gasteiger partial charge is 0.328 e. The monoisotopic (exact) mass is 274 g/mol. The molecule has 18 heavy (non-hydrogen) atoms. The minimum Gasteiger partial charge on any atom is -0.480 e. The molecule has 1 atom stereocenters. The van der Waals surface area contributed by atoms with Crippen molar-refractivity contribution in [2.75, 3.05) is 13.7 Å². The van der Waals surface area contributed by atoms with E-state index in [4.69, 9.17) is 5.11 Å². The number of carbonyl (C=O) groups excluding carboxylic acids is 1. The molecule has 100 valence electrons. The molecule has 1 heterocycles.